The van der Waals surface area contributed by atoms with E-state index in [0.29, 0.717) is 25.2 Å². The third-order valence-corrected chi connectivity index (χ3v) is 5.15. The number of fused-ring (bicyclic) bond motifs is 1. The van der Waals surface area contributed by atoms with E-state index in [4.69, 9.17) is 0 Å². The standard InChI is InChI=1S/C19H23N5O2/c1-12-3-5-14(6-4-12)24-10-13(9-17(24)25)20-19(26)18-15-11-23(2)8-7-16(15)21-22-18/h3-6,13H,7-11H2,1-2H3,(H,20,26)(H,21,22)/t13-/m1/s1. The summed E-state index contributed by atoms with van der Waals surface area (Å²) < 4.78 is 0. The number of nitrogens with zero attached hydrogens (tertiary/aromatic N) is 3. The highest BCUT2D eigenvalue weighted by Crippen LogP contribution is 2.23. The van der Waals surface area contributed by atoms with Crippen molar-refractivity contribution < 1.29 is 9.59 Å². The van der Waals surface area contributed by atoms with Gasteiger partial charge in [0.2, 0.25) is 5.91 Å². The Labute approximate surface area is 152 Å². The predicted octanol–water partition coefficient (Wildman–Crippen LogP) is 1.24. The quantitative estimate of drug-likeness (QED) is 0.870. The van der Waals surface area contributed by atoms with Crippen LogP contribution in [0.15, 0.2) is 24.3 Å². The van der Waals surface area contributed by atoms with Crippen molar-refractivity contribution in [1.29, 1.82) is 0 Å². The molecule has 2 N–H and O–H groups in total. The van der Waals surface area contributed by atoms with E-state index in [1.54, 1.807) is 4.90 Å². The van der Waals surface area contributed by atoms with Gasteiger partial charge in [-0.15, -0.1) is 0 Å². The molecule has 4 rings (SSSR count). The zero-order chi connectivity index (χ0) is 18.3. The van der Waals surface area contributed by atoms with E-state index >= 15 is 0 Å². The molecule has 0 radical (unpaired) electrons. The van der Waals surface area contributed by atoms with Gasteiger partial charge in [0.15, 0.2) is 5.69 Å². The Bertz CT molecular complexity index is 842. The molecule has 7 heteroatoms. The summed E-state index contributed by atoms with van der Waals surface area (Å²) >= 11 is 0. The van der Waals surface area contributed by atoms with E-state index in [-0.39, 0.29) is 17.9 Å². The summed E-state index contributed by atoms with van der Waals surface area (Å²) in [6, 6.07) is 7.65. The second-order valence-corrected chi connectivity index (χ2v) is 7.23. The number of aryl methyl sites for hydroxylation is 1. The predicted molar refractivity (Wildman–Crippen MR) is 98.0 cm³/mol. The van der Waals surface area contributed by atoms with E-state index < -0.39 is 0 Å². The molecule has 136 valence electrons. The Morgan fingerprint density at radius 3 is 2.85 bits per heavy atom. The first-order valence-corrected chi connectivity index (χ1v) is 8.94. The number of amides is 2. The Hall–Kier alpha value is -2.67. The van der Waals surface area contributed by atoms with Crippen molar-refractivity contribution >= 4 is 17.5 Å². The highest BCUT2D eigenvalue weighted by Gasteiger charge is 2.33. The maximum atomic E-state index is 12.7. The van der Waals surface area contributed by atoms with Gasteiger partial charge in [0.25, 0.3) is 5.91 Å². The number of likely N-dealkylation sites (N-methyl/N-ethyl adjacent to an activating group) is 1. The maximum absolute atomic E-state index is 12.7. The van der Waals surface area contributed by atoms with Gasteiger partial charge in [-0.2, -0.15) is 5.10 Å². The zero-order valence-electron chi connectivity index (χ0n) is 15.1. The molecule has 0 saturated carbocycles. The topological polar surface area (TPSA) is 81.3 Å². The molecular formula is C19H23N5O2. The first kappa shape index (κ1) is 16.8. The van der Waals surface area contributed by atoms with Crippen molar-refractivity contribution in [2.75, 3.05) is 25.0 Å². The monoisotopic (exact) mass is 353 g/mol. The number of nitrogens with one attached hydrogen (secondary N) is 2. The molecule has 2 aromatic rings. The molecule has 0 bridgehead atoms. The van der Waals surface area contributed by atoms with E-state index in [9.17, 15) is 9.59 Å². The molecular weight excluding hydrogens is 330 g/mol. The van der Waals surface area contributed by atoms with Crippen LogP contribution in [0.5, 0.6) is 0 Å². The van der Waals surface area contributed by atoms with Crippen LogP contribution in [-0.2, 0) is 17.8 Å². The number of aromatic amines is 1. The van der Waals surface area contributed by atoms with E-state index in [0.717, 1.165) is 35.5 Å². The van der Waals surface area contributed by atoms with Gasteiger partial charge in [-0.3, -0.25) is 14.7 Å². The summed E-state index contributed by atoms with van der Waals surface area (Å²) in [7, 11) is 2.03. The number of hydrogen-bond donors (Lipinski definition) is 2. The van der Waals surface area contributed by atoms with Crippen LogP contribution in [-0.4, -0.2) is 53.1 Å². The lowest BCUT2D eigenvalue weighted by Gasteiger charge is -2.22. The van der Waals surface area contributed by atoms with E-state index in [1.807, 2.05) is 38.2 Å². The number of carbonyl (C=O) groups is 2. The van der Waals surface area contributed by atoms with Crippen molar-refractivity contribution in [2.24, 2.45) is 0 Å². The van der Waals surface area contributed by atoms with Gasteiger partial charge in [-0.25, -0.2) is 0 Å². The van der Waals surface area contributed by atoms with Gasteiger partial charge in [-0.1, -0.05) is 17.7 Å². The SMILES string of the molecule is Cc1ccc(N2C[C@H](NC(=O)c3n[nH]c4c3CN(C)CC4)CC2=O)cc1. The van der Waals surface area contributed by atoms with Gasteiger partial charge < -0.3 is 15.1 Å². The molecule has 2 amide bonds. The van der Waals surface area contributed by atoms with Crippen LogP contribution in [0.4, 0.5) is 5.69 Å². The summed E-state index contributed by atoms with van der Waals surface area (Å²) in [6.45, 7) is 4.17. The van der Waals surface area contributed by atoms with Crippen LogP contribution in [0.2, 0.25) is 0 Å². The minimum absolute atomic E-state index is 0.0305. The van der Waals surface area contributed by atoms with E-state index in [1.165, 1.54) is 0 Å². The highest BCUT2D eigenvalue weighted by molar-refractivity contribution is 5.98. The highest BCUT2D eigenvalue weighted by atomic mass is 16.2. The van der Waals surface area contributed by atoms with Crippen LogP contribution in [0.1, 0.15) is 33.7 Å². The fourth-order valence-electron chi connectivity index (χ4n) is 3.65. The van der Waals surface area contributed by atoms with Crippen molar-refractivity contribution in [3.63, 3.8) is 0 Å². The van der Waals surface area contributed by atoms with Crippen molar-refractivity contribution in [2.45, 2.75) is 32.4 Å². The average molecular weight is 353 g/mol. The molecule has 1 saturated heterocycles. The van der Waals surface area contributed by atoms with Gasteiger partial charge in [-0.05, 0) is 26.1 Å². The third kappa shape index (κ3) is 3.10. The number of carbonyl (C=O) groups excluding carboxylic acids is 2. The Kier molecular flexibility index (Phi) is 4.24. The molecule has 1 aromatic heterocycles. The fraction of sp³-hybridized carbons (Fsp3) is 0.421. The first-order chi connectivity index (χ1) is 12.5. The van der Waals surface area contributed by atoms with Crippen LogP contribution < -0.4 is 10.2 Å². The molecule has 0 aliphatic carbocycles. The molecule has 7 nitrogen and oxygen atoms in total. The lowest BCUT2D eigenvalue weighted by Crippen LogP contribution is -2.38. The van der Waals surface area contributed by atoms with Crippen molar-refractivity contribution in [3.8, 4) is 0 Å². The van der Waals surface area contributed by atoms with Crippen LogP contribution >= 0.6 is 0 Å². The van der Waals surface area contributed by atoms with Crippen LogP contribution in [0.3, 0.4) is 0 Å². The van der Waals surface area contributed by atoms with Crippen molar-refractivity contribution in [1.82, 2.24) is 20.4 Å². The Morgan fingerprint density at radius 2 is 2.08 bits per heavy atom. The zero-order valence-corrected chi connectivity index (χ0v) is 15.1. The number of hydrogen-bond acceptors (Lipinski definition) is 4. The summed E-state index contributed by atoms with van der Waals surface area (Å²) in [6.07, 6.45) is 1.18. The number of aromatic nitrogens is 2. The first-order valence-electron chi connectivity index (χ1n) is 8.94. The number of H-pyrrole nitrogens is 1. The molecule has 1 aromatic carbocycles. The molecule has 0 spiro atoms. The summed E-state index contributed by atoms with van der Waals surface area (Å²) in [5.74, 6) is -0.177. The normalized spacial score (nSPS) is 20.3. The second kappa shape index (κ2) is 6.57. The minimum Gasteiger partial charge on any atom is -0.346 e. The minimum atomic E-state index is -0.207. The maximum Gasteiger partial charge on any atom is 0.272 e. The molecule has 1 fully saturated rings. The molecule has 0 unspecified atom stereocenters. The van der Waals surface area contributed by atoms with Crippen molar-refractivity contribution in [3.05, 3.63) is 46.8 Å². The smallest absolute Gasteiger partial charge is 0.272 e. The summed E-state index contributed by atoms with van der Waals surface area (Å²) in [4.78, 5) is 29.0. The summed E-state index contributed by atoms with van der Waals surface area (Å²) in [5.41, 5.74) is 4.48. The second-order valence-electron chi connectivity index (χ2n) is 7.23. The molecule has 2 aliphatic heterocycles. The third-order valence-electron chi connectivity index (χ3n) is 5.15. The van der Waals surface area contributed by atoms with Gasteiger partial charge in [0.05, 0.1) is 6.04 Å². The Balaban J connectivity index is 1.45. The number of benzene rings is 1. The lowest BCUT2D eigenvalue weighted by atomic mass is 10.1. The summed E-state index contributed by atoms with van der Waals surface area (Å²) in [5, 5.41) is 10.2. The Morgan fingerprint density at radius 1 is 1.31 bits per heavy atom. The fourth-order valence-corrected chi connectivity index (χ4v) is 3.65. The van der Waals surface area contributed by atoms with Gasteiger partial charge in [0.1, 0.15) is 0 Å². The lowest BCUT2D eigenvalue weighted by molar-refractivity contribution is -0.117. The van der Waals surface area contributed by atoms with Crippen LogP contribution in [0.25, 0.3) is 0 Å². The molecule has 2 aliphatic rings. The van der Waals surface area contributed by atoms with Gasteiger partial charge in [0, 0.05) is 49.4 Å². The molecule has 3 heterocycles. The molecule has 26 heavy (non-hydrogen) atoms. The van der Waals surface area contributed by atoms with Crippen LogP contribution in [0, 0.1) is 6.92 Å². The van der Waals surface area contributed by atoms with Gasteiger partial charge >= 0.3 is 0 Å². The molecule has 1 atom stereocenters. The number of rotatable bonds is 3. The number of anilines is 1. The largest absolute Gasteiger partial charge is 0.346 e. The average Bonchev–Trinajstić information content (AvgIpc) is 3.18. The van der Waals surface area contributed by atoms with E-state index in [2.05, 4.69) is 20.4 Å².